The molecular weight excluding hydrogens is 284 g/mol. The predicted molar refractivity (Wildman–Crippen MR) is 71.8 cm³/mol. The first-order valence-electron chi connectivity index (χ1n) is 5.59. The molecule has 0 fully saturated rings. The van der Waals surface area contributed by atoms with Crippen LogP contribution in [0.1, 0.15) is 17.2 Å². The normalized spacial score (nSPS) is 11.8. The van der Waals surface area contributed by atoms with E-state index in [1.54, 1.807) is 30.3 Å². The largest absolute Gasteiger partial charge is 0.480 e. The van der Waals surface area contributed by atoms with E-state index in [4.69, 9.17) is 11.6 Å². The minimum atomic E-state index is -1.24. The monoisotopic (exact) mass is 292 g/mol. The standard InChI is InChI=1S/C13H9ClN2O4/c14-10-7-6-9(16(19)20)12(15-10)11(13(17)18)8-4-2-1-3-5-8/h1-7,11H,(H,17,18). The number of hydrogen-bond donors (Lipinski definition) is 1. The van der Waals surface area contributed by atoms with Crippen LogP contribution in [0.4, 0.5) is 5.69 Å². The van der Waals surface area contributed by atoms with E-state index in [1.807, 2.05) is 0 Å². The molecule has 0 aliphatic heterocycles. The van der Waals surface area contributed by atoms with Crippen molar-refractivity contribution in [1.82, 2.24) is 4.98 Å². The molecule has 1 unspecified atom stereocenters. The summed E-state index contributed by atoms with van der Waals surface area (Å²) in [6.45, 7) is 0. The molecule has 0 aliphatic rings. The van der Waals surface area contributed by atoms with Gasteiger partial charge in [0, 0.05) is 6.07 Å². The molecule has 1 N–H and O–H groups in total. The lowest BCUT2D eigenvalue weighted by molar-refractivity contribution is -0.386. The second-order valence-corrected chi connectivity index (χ2v) is 4.36. The summed E-state index contributed by atoms with van der Waals surface area (Å²) >= 11 is 5.73. The summed E-state index contributed by atoms with van der Waals surface area (Å²) in [5.74, 6) is -2.47. The van der Waals surface area contributed by atoms with Gasteiger partial charge in [0.05, 0.1) is 4.92 Å². The molecule has 1 atom stereocenters. The van der Waals surface area contributed by atoms with Crippen molar-refractivity contribution in [1.29, 1.82) is 0 Å². The van der Waals surface area contributed by atoms with E-state index in [1.165, 1.54) is 6.07 Å². The van der Waals surface area contributed by atoms with E-state index in [2.05, 4.69) is 4.98 Å². The minimum Gasteiger partial charge on any atom is -0.480 e. The predicted octanol–water partition coefficient (Wildman–Crippen LogP) is 2.86. The zero-order valence-corrected chi connectivity index (χ0v) is 10.8. The molecule has 102 valence electrons. The molecule has 7 heteroatoms. The van der Waals surface area contributed by atoms with Gasteiger partial charge in [-0.05, 0) is 11.6 Å². The summed E-state index contributed by atoms with van der Waals surface area (Å²) in [6, 6.07) is 10.6. The van der Waals surface area contributed by atoms with Crippen LogP contribution in [-0.4, -0.2) is 21.0 Å². The van der Waals surface area contributed by atoms with Crippen LogP contribution in [0.5, 0.6) is 0 Å². The van der Waals surface area contributed by atoms with Crippen molar-refractivity contribution >= 4 is 23.3 Å². The quantitative estimate of drug-likeness (QED) is 0.531. The third kappa shape index (κ3) is 2.75. The van der Waals surface area contributed by atoms with Crippen molar-refractivity contribution < 1.29 is 14.8 Å². The number of nitrogens with zero attached hydrogens (tertiary/aromatic N) is 2. The molecule has 2 rings (SSSR count). The lowest BCUT2D eigenvalue weighted by Gasteiger charge is -2.12. The molecule has 1 aromatic carbocycles. The van der Waals surface area contributed by atoms with Crippen LogP contribution in [0.25, 0.3) is 0 Å². The lowest BCUT2D eigenvalue weighted by atomic mass is 9.94. The molecule has 0 spiro atoms. The highest BCUT2D eigenvalue weighted by Gasteiger charge is 2.31. The maximum absolute atomic E-state index is 11.5. The Balaban J connectivity index is 2.64. The number of nitro groups is 1. The van der Waals surface area contributed by atoms with Crippen molar-refractivity contribution in [2.75, 3.05) is 0 Å². The Labute approximate surface area is 118 Å². The summed E-state index contributed by atoms with van der Waals surface area (Å²) in [5, 5.41) is 20.4. The third-order valence-electron chi connectivity index (χ3n) is 2.72. The highest BCUT2D eigenvalue weighted by molar-refractivity contribution is 6.29. The Morgan fingerprint density at radius 1 is 1.25 bits per heavy atom. The number of rotatable bonds is 4. The fourth-order valence-electron chi connectivity index (χ4n) is 1.87. The van der Waals surface area contributed by atoms with E-state index < -0.39 is 16.8 Å². The average molecular weight is 293 g/mol. The van der Waals surface area contributed by atoms with Crippen LogP contribution in [0.15, 0.2) is 42.5 Å². The molecule has 0 saturated carbocycles. The van der Waals surface area contributed by atoms with Crippen molar-refractivity contribution in [2.24, 2.45) is 0 Å². The smallest absolute Gasteiger partial charge is 0.317 e. The van der Waals surface area contributed by atoms with Gasteiger partial charge in [0.2, 0.25) is 0 Å². The summed E-state index contributed by atoms with van der Waals surface area (Å²) in [6.07, 6.45) is 0. The van der Waals surface area contributed by atoms with Crippen LogP contribution >= 0.6 is 11.6 Å². The van der Waals surface area contributed by atoms with E-state index >= 15 is 0 Å². The highest BCUT2D eigenvalue weighted by atomic mass is 35.5. The number of pyridine rings is 1. The van der Waals surface area contributed by atoms with E-state index in [0.29, 0.717) is 5.56 Å². The van der Waals surface area contributed by atoms with Crippen molar-refractivity contribution in [2.45, 2.75) is 5.92 Å². The van der Waals surface area contributed by atoms with Crippen molar-refractivity contribution in [3.8, 4) is 0 Å². The Morgan fingerprint density at radius 2 is 1.90 bits per heavy atom. The van der Waals surface area contributed by atoms with Crippen LogP contribution in [0.2, 0.25) is 5.15 Å². The SMILES string of the molecule is O=C(O)C(c1ccccc1)c1nc(Cl)ccc1[N+](=O)[O-]. The van der Waals surface area contributed by atoms with Crippen LogP contribution in [0, 0.1) is 10.1 Å². The van der Waals surface area contributed by atoms with Crippen LogP contribution < -0.4 is 0 Å². The zero-order valence-electron chi connectivity index (χ0n) is 10.1. The molecular formula is C13H9ClN2O4. The molecule has 6 nitrogen and oxygen atoms in total. The van der Waals surface area contributed by atoms with Gasteiger partial charge in [-0.15, -0.1) is 0 Å². The number of benzene rings is 1. The van der Waals surface area contributed by atoms with Gasteiger partial charge in [-0.1, -0.05) is 41.9 Å². The van der Waals surface area contributed by atoms with Gasteiger partial charge in [-0.2, -0.15) is 0 Å². The number of carbonyl (C=O) groups is 1. The van der Waals surface area contributed by atoms with Gasteiger partial charge in [0.1, 0.15) is 16.8 Å². The number of carboxylic acids is 1. The van der Waals surface area contributed by atoms with Crippen LogP contribution in [0.3, 0.4) is 0 Å². The van der Waals surface area contributed by atoms with Gasteiger partial charge in [-0.25, -0.2) is 4.98 Å². The molecule has 1 heterocycles. The van der Waals surface area contributed by atoms with Gasteiger partial charge < -0.3 is 5.11 Å². The van der Waals surface area contributed by atoms with Gasteiger partial charge in [0.25, 0.3) is 5.69 Å². The van der Waals surface area contributed by atoms with Crippen molar-refractivity contribution in [3.63, 3.8) is 0 Å². The Kier molecular flexibility index (Phi) is 3.95. The van der Waals surface area contributed by atoms with Crippen LogP contribution in [-0.2, 0) is 4.79 Å². The summed E-state index contributed by atoms with van der Waals surface area (Å²) < 4.78 is 0. The fourth-order valence-corrected chi connectivity index (χ4v) is 2.03. The summed E-state index contributed by atoms with van der Waals surface area (Å²) in [4.78, 5) is 25.7. The number of aromatic nitrogens is 1. The Morgan fingerprint density at radius 3 is 2.45 bits per heavy atom. The maximum atomic E-state index is 11.5. The van der Waals surface area contributed by atoms with E-state index in [0.717, 1.165) is 6.07 Å². The van der Waals surface area contributed by atoms with E-state index in [9.17, 15) is 20.0 Å². The topological polar surface area (TPSA) is 93.3 Å². The number of aliphatic carboxylic acids is 1. The molecule has 0 aliphatic carbocycles. The second-order valence-electron chi connectivity index (χ2n) is 3.98. The molecule has 0 saturated heterocycles. The lowest BCUT2D eigenvalue weighted by Crippen LogP contribution is -2.16. The van der Waals surface area contributed by atoms with Gasteiger partial charge in [-0.3, -0.25) is 14.9 Å². The first-order chi connectivity index (χ1) is 9.50. The number of hydrogen-bond acceptors (Lipinski definition) is 4. The van der Waals surface area contributed by atoms with Gasteiger partial charge >= 0.3 is 5.97 Å². The van der Waals surface area contributed by atoms with E-state index in [-0.39, 0.29) is 16.5 Å². The number of carboxylic acid groups (broad SMARTS) is 1. The second kappa shape index (κ2) is 5.66. The van der Waals surface area contributed by atoms with Crippen molar-refractivity contribution in [3.05, 3.63) is 69.0 Å². The zero-order chi connectivity index (χ0) is 14.7. The Bertz CT molecular complexity index is 661. The fraction of sp³-hybridized carbons (Fsp3) is 0.0769. The molecule has 0 bridgehead atoms. The molecule has 20 heavy (non-hydrogen) atoms. The first-order valence-corrected chi connectivity index (χ1v) is 5.97. The first kappa shape index (κ1) is 14.0. The molecule has 1 aromatic heterocycles. The average Bonchev–Trinajstić information content (AvgIpc) is 2.39. The molecule has 0 amide bonds. The summed E-state index contributed by atoms with van der Waals surface area (Å²) in [7, 11) is 0. The Hall–Kier alpha value is -2.47. The minimum absolute atomic E-state index is 0.00720. The number of halogens is 1. The summed E-state index contributed by atoms with van der Waals surface area (Å²) in [5.41, 5.74) is -0.148. The highest BCUT2D eigenvalue weighted by Crippen LogP contribution is 2.31. The molecule has 0 radical (unpaired) electrons. The van der Waals surface area contributed by atoms with Gasteiger partial charge in [0.15, 0.2) is 0 Å². The third-order valence-corrected chi connectivity index (χ3v) is 2.93. The molecule has 2 aromatic rings. The maximum Gasteiger partial charge on any atom is 0.317 e.